The van der Waals surface area contributed by atoms with E-state index in [0.29, 0.717) is 11.3 Å². The molecule has 2 N–H and O–H groups in total. The Bertz CT molecular complexity index is 944. The van der Waals surface area contributed by atoms with Crippen LogP contribution in [-0.4, -0.2) is 38.1 Å². The number of halogens is 1. The van der Waals surface area contributed by atoms with Crippen LogP contribution in [0, 0.1) is 12.7 Å². The molecule has 0 amide bonds. The van der Waals surface area contributed by atoms with Gasteiger partial charge in [-0.3, -0.25) is 5.43 Å². The Hall–Kier alpha value is -2.36. The highest BCUT2D eigenvalue weighted by atomic mass is 32.2. The maximum Gasteiger partial charge on any atom is 0.242 e. The molecule has 0 heterocycles. The van der Waals surface area contributed by atoms with Gasteiger partial charge in [-0.2, -0.15) is 5.10 Å². The van der Waals surface area contributed by atoms with Crippen LogP contribution < -0.4 is 10.7 Å². The molecule has 0 spiro atoms. The number of thiocarbonyl (C=S) groups is 1. The van der Waals surface area contributed by atoms with Gasteiger partial charge in [-0.25, -0.2) is 17.1 Å². The van der Waals surface area contributed by atoms with Crippen LogP contribution in [0.15, 0.2) is 52.5 Å². The molecule has 0 aliphatic carbocycles. The number of sulfonamides is 1. The summed E-state index contributed by atoms with van der Waals surface area (Å²) < 4.78 is 39.1. The summed E-state index contributed by atoms with van der Waals surface area (Å²) in [4.78, 5) is 0.147. The second-order valence-corrected chi connectivity index (χ2v) is 8.17. The van der Waals surface area contributed by atoms with Gasteiger partial charge in [-0.05, 0) is 42.9 Å². The van der Waals surface area contributed by atoms with Crippen molar-refractivity contribution in [3.63, 3.8) is 0 Å². The number of hydrazone groups is 1. The summed E-state index contributed by atoms with van der Waals surface area (Å²) >= 11 is 5.14. The fraction of sp³-hybridized carbons (Fsp3) is 0.176. The van der Waals surface area contributed by atoms with Crippen molar-refractivity contribution in [2.45, 2.75) is 11.8 Å². The van der Waals surface area contributed by atoms with E-state index in [1.165, 1.54) is 38.5 Å². The molecule has 0 aromatic heterocycles. The molecule has 0 fully saturated rings. The number of anilines is 1. The largest absolute Gasteiger partial charge is 0.331 e. The van der Waals surface area contributed by atoms with Gasteiger partial charge in [0.15, 0.2) is 5.11 Å². The van der Waals surface area contributed by atoms with Gasteiger partial charge in [-0.15, -0.1) is 0 Å². The fourth-order valence-corrected chi connectivity index (χ4v) is 3.09. The second-order valence-electron chi connectivity index (χ2n) is 5.61. The van der Waals surface area contributed by atoms with Gasteiger partial charge in [-0.1, -0.05) is 24.3 Å². The first-order valence-corrected chi connectivity index (χ1v) is 9.44. The van der Waals surface area contributed by atoms with Crippen LogP contribution in [0.25, 0.3) is 0 Å². The van der Waals surface area contributed by atoms with E-state index < -0.39 is 15.8 Å². The highest BCUT2D eigenvalue weighted by molar-refractivity contribution is 7.89. The molecule has 2 rings (SSSR count). The first-order chi connectivity index (χ1) is 12.2. The molecule has 6 nitrogen and oxygen atoms in total. The first-order valence-electron chi connectivity index (χ1n) is 7.59. The summed E-state index contributed by atoms with van der Waals surface area (Å²) in [7, 11) is -0.623. The number of hydrogen-bond donors (Lipinski definition) is 2. The molecule has 9 heteroatoms. The van der Waals surface area contributed by atoms with Crippen LogP contribution in [0.2, 0.25) is 0 Å². The molecule has 0 aliphatic rings. The lowest BCUT2D eigenvalue weighted by molar-refractivity contribution is 0.521. The average Bonchev–Trinajstić information content (AvgIpc) is 2.58. The van der Waals surface area contributed by atoms with Gasteiger partial charge in [0.05, 0.1) is 11.1 Å². The first kappa shape index (κ1) is 20.0. The molecule has 0 unspecified atom stereocenters. The Morgan fingerprint density at radius 2 is 1.92 bits per heavy atom. The lowest BCUT2D eigenvalue weighted by atomic mass is 10.2. The predicted octanol–water partition coefficient (Wildman–Crippen LogP) is 2.70. The molecule has 0 radical (unpaired) electrons. The number of nitrogens with one attached hydrogen (secondary N) is 2. The lowest BCUT2D eigenvalue weighted by Crippen LogP contribution is -2.25. The summed E-state index contributed by atoms with van der Waals surface area (Å²) in [5.41, 5.74) is 4.24. The van der Waals surface area contributed by atoms with Crippen LogP contribution >= 0.6 is 12.2 Å². The molecule has 138 valence electrons. The van der Waals surface area contributed by atoms with Crippen molar-refractivity contribution in [1.82, 2.24) is 9.73 Å². The minimum atomic E-state index is -3.55. The molecule has 2 aromatic carbocycles. The summed E-state index contributed by atoms with van der Waals surface area (Å²) in [5.74, 6) is -0.394. The zero-order valence-corrected chi connectivity index (χ0v) is 16.2. The molecule has 26 heavy (non-hydrogen) atoms. The Kier molecular flexibility index (Phi) is 6.41. The molecular weight excluding hydrogens is 375 g/mol. The van der Waals surface area contributed by atoms with E-state index in [0.717, 1.165) is 9.87 Å². The van der Waals surface area contributed by atoms with Crippen LogP contribution in [-0.2, 0) is 10.0 Å². The fourth-order valence-electron chi connectivity index (χ4n) is 2.00. The van der Waals surface area contributed by atoms with Gasteiger partial charge >= 0.3 is 0 Å². The van der Waals surface area contributed by atoms with Crippen LogP contribution in [0.4, 0.5) is 10.1 Å². The minimum absolute atomic E-state index is 0.147. The zero-order valence-electron chi connectivity index (χ0n) is 14.5. The van der Waals surface area contributed by atoms with Crippen molar-refractivity contribution in [3.05, 3.63) is 59.4 Å². The normalized spacial score (nSPS) is 11.7. The van der Waals surface area contributed by atoms with Crippen LogP contribution in [0.3, 0.4) is 0 Å². The maximum atomic E-state index is 13.5. The molecular formula is C17H19FN4O2S2. The van der Waals surface area contributed by atoms with E-state index >= 15 is 0 Å². The highest BCUT2D eigenvalue weighted by Gasteiger charge is 2.18. The molecule has 2 aromatic rings. The van der Waals surface area contributed by atoms with Gasteiger partial charge < -0.3 is 5.32 Å². The summed E-state index contributed by atoms with van der Waals surface area (Å²) in [5, 5.41) is 6.93. The smallest absolute Gasteiger partial charge is 0.242 e. The van der Waals surface area contributed by atoms with Crippen LogP contribution in [0.5, 0.6) is 0 Å². The summed E-state index contributed by atoms with van der Waals surface area (Å²) in [6, 6.07) is 10.9. The highest BCUT2D eigenvalue weighted by Crippen LogP contribution is 2.21. The van der Waals surface area contributed by atoms with E-state index in [-0.39, 0.29) is 10.0 Å². The number of benzene rings is 2. The summed E-state index contributed by atoms with van der Waals surface area (Å²) in [6.45, 7) is 1.82. The Balaban J connectivity index is 2.11. The van der Waals surface area contributed by atoms with Gasteiger partial charge in [0, 0.05) is 25.3 Å². The number of aryl methyl sites for hydroxylation is 1. The zero-order chi connectivity index (χ0) is 19.3. The van der Waals surface area contributed by atoms with Gasteiger partial charge in [0.2, 0.25) is 10.0 Å². The quantitative estimate of drug-likeness (QED) is 0.463. The van der Waals surface area contributed by atoms with Crippen molar-refractivity contribution in [2.24, 2.45) is 5.10 Å². The molecule has 0 atom stereocenters. The van der Waals surface area contributed by atoms with Crippen molar-refractivity contribution < 1.29 is 12.8 Å². The van der Waals surface area contributed by atoms with E-state index in [1.807, 2.05) is 6.92 Å². The SMILES string of the molecule is Cc1ccc(S(=O)(=O)N(C)C)cc1NC(=S)N/N=C/c1ccccc1F. The molecule has 0 aliphatic heterocycles. The van der Waals surface area contributed by atoms with Gasteiger partial charge in [0.25, 0.3) is 0 Å². The number of rotatable bonds is 5. The monoisotopic (exact) mass is 394 g/mol. The third-order valence-corrected chi connectivity index (χ3v) is 5.52. The Labute approximate surface area is 157 Å². The molecule has 0 bridgehead atoms. The van der Waals surface area contributed by atoms with Crippen molar-refractivity contribution >= 4 is 39.3 Å². The van der Waals surface area contributed by atoms with E-state index in [2.05, 4.69) is 15.8 Å². The van der Waals surface area contributed by atoms with E-state index in [1.54, 1.807) is 24.3 Å². The summed E-state index contributed by atoms with van der Waals surface area (Å²) in [6.07, 6.45) is 1.31. The minimum Gasteiger partial charge on any atom is -0.331 e. The maximum absolute atomic E-state index is 13.5. The molecule has 0 saturated carbocycles. The topological polar surface area (TPSA) is 73.8 Å². The lowest BCUT2D eigenvalue weighted by Gasteiger charge is -2.15. The van der Waals surface area contributed by atoms with Crippen molar-refractivity contribution in [3.8, 4) is 0 Å². The third kappa shape index (κ3) is 4.84. The Morgan fingerprint density at radius 1 is 1.23 bits per heavy atom. The third-order valence-electron chi connectivity index (χ3n) is 3.51. The van der Waals surface area contributed by atoms with Crippen molar-refractivity contribution in [1.29, 1.82) is 0 Å². The predicted molar refractivity (Wildman–Crippen MR) is 105 cm³/mol. The number of nitrogens with zero attached hydrogens (tertiary/aromatic N) is 2. The standard InChI is InChI=1S/C17H19FN4O2S2/c1-12-8-9-14(26(23,24)22(2)3)10-16(12)20-17(25)21-19-11-13-6-4-5-7-15(13)18/h4-11H,1-3H3,(H2,20,21,25)/b19-11+. The van der Waals surface area contributed by atoms with E-state index in [4.69, 9.17) is 12.2 Å². The van der Waals surface area contributed by atoms with Crippen molar-refractivity contribution in [2.75, 3.05) is 19.4 Å². The number of hydrogen-bond acceptors (Lipinski definition) is 4. The average molecular weight is 394 g/mol. The van der Waals surface area contributed by atoms with E-state index in [9.17, 15) is 12.8 Å². The van der Waals surface area contributed by atoms with Crippen LogP contribution in [0.1, 0.15) is 11.1 Å². The van der Waals surface area contributed by atoms with Gasteiger partial charge in [0.1, 0.15) is 5.82 Å². The Morgan fingerprint density at radius 3 is 2.58 bits per heavy atom. The second kappa shape index (κ2) is 8.35. The molecule has 0 saturated heterocycles.